The predicted molar refractivity (Wildman–Crippen MR) is 193 cm³/mol. The van der Waals surface area contributed by atoms with Gasteiger partial charge in [0, 0.05) is 37.8 Å². The molecule has 270 valence electrons. The summed E-state index contributed by atoms with van der Waals surface area (Å²) in [5.41, 5.74) is 1.97. The van der Waals surface area contributed by atoms with Gasteiger partial charge in [0.2, 0.25) is 21.8 Å². The third-order valence-corrected chi connectivity index (χ3v) is 9.42. The average Bonchev–Trinajstić information content (AvgIpc) is 3.10. The summed E-state index contributed by atoms with van der Waals surface area (Å²) < 4.78 is 25.9. The SMILES string of the molecule is CNC(=O)[C@@H](NC(=O)[C@H](CO)NC[C@H](Cc1ccccc1)NC(=O)c1cc(C(=O)N[C@H](C)c2ccccc2)cc(N(C)S(C)(=O)=O)c1)C(C)C. The Morgan fingerprint density at radius 3 is 1.88 bits per heavy atom. The van der Waals surface area contributed by atoms with Crippen molar-refractivity contribution < 1.29 is 32.7 Å². The van der Waals surface area contributed by atoms with Gasteiger partial charge in [-0.1, -0.05) is 74.5 Å². The van der Waals surface area contributed by atoms with Crippen molar-refractivity contribution in [2.75, 3.05) is 37.8 Å². The topological polar surface area (TPSA) is 186 Å². The molecule has 6 N–H and O–H groups in total. The molecule has 14 heteroatoms. The molecular weight excluding hydrogens is 660 g/mol. The van der Waals surface area contributed by atoms with E-state index in [0.717, 1.165) is 21.7 Å². The zero-order chi connectivity index (χ0) is 37.0. The van der Waals surface area contributed by atoms with Gasteiger partial charge in [-0.15, -0.1) is 0 Å². The van der Waals surface area contributed by atoms with Crippen LogP contribution in [0.5, 0.6) is 0 Å². The number of hydrogen-bond donors (Lipinski definition) is 6. The number of likely N-dealkylation sites (N-methyl/N-ethyl adjacent to an activating group) is 1. The molecule has 0 fully saturated rings. The van der Waals surface area contributed by atoms with Gasteiger partial charge in [0.1, 0.15) is 12.1 Å². The summed E-state index contributed by atoms with van der Waals surface area (Å²) in [6.07, 6.45) is 1.35. The average molecular weight is 709 g/mol. The molecular formula is C36H48N6O7S. The molecule has 0 saturated heterocycles. The second-order valence-electron chi connectivity index (χ2n) is 12.5. The van der Waals surface area contributed by atoms with E-state index in [0.29, 0.717) is 6.42 Å². The van der Waals surface area contributed by atoms with E-state index in [4.69, 9.17) is 0 Å². The number of nitrogens with one attached hydrogen (secondary N) is 5. The Morgan fingerprint density at radius 2 is 1.36 bits per heavy atom. The molecule has 3 aromatic rings. The van der Waals surface area contributed by atoms with E-state index in [2.05, 4.69) is 26.6 Å². The summed E-state index contributed by atoms with van der Waals surface area (Å²) in [5, 5.41) is 24.1. The summed E-state index contributed by atoms with van der Waals surface area (Å²) >= 11 is 0. The van der Waals surface area contributed by atoms with Gasteiger partial charge in [0.25, 0.3) is 11.8 Å². The minimum absolute atomic E-state index is 0.0374. The number of aliphatic hydroxyl groups excluding tert-OH is 1. The van der Waals surface area contributed by atoms with Crippen LogP contribution in [0.4, 0.5) is 5.69 Å². The first-order valence-corrected chi connectivity index (χ1v) is 18.1. The summed E-state index contributed by atoms with van der Waals surface area (Å²) in [6, 6.07) is 19.9. The maximum atomic E-state index is 13.9. The highest BCUT2D eigenvalue weighted by Crippen LogP contribution is 2.22. The van der Waals surface area contributed by atoms with E-state index in [1.54, 1.807) is 13.8 Å². The molecule has 0 unspecified atom stereocenters. The molecule has 0 heterocycles. The Morgan fingerprint density at radius 1 is 0.800 bits per heavy atom. The van der Waals surface area contributed by atoms with E-state index in [1.165, 1.54) is 32.3 Å². The van der Waals surface area contributed by atoms with Crippen LogP contribution in [0.2, 0.25) is 0 Å². The van der Waals surface area contributed by atoms with Gasteiger partial charge in [-0.2, -0.15) is 0 Å². The second-order valence-corrected chi connectivity index (χ2v) is 14.5. The fourth-order valence-electron chi connectivity index (χ4n) is 5.16. The van der Waals surface area contributed by atoms with E-state index < -0.39 is 52.5 Å². The third-order valence-electron chi connectivity index (χ3n) is 8.21. The maximum absolute atomic E-state index is 13.9. The predicted octanol–water partition coefficient (Wildman–Crippen LogP) is 1.75. The molecule has 3 rings (SSSR count). The molecule has 13 nitrogen and oxygen atoms in total. The molecule has 0 aromatic heterocycles. The van der Waals surface area contributed by atoms with Gasteiger partial charge in [-0.3, -0.25) is 23.5 Å². The Balaban J connectivity index is 1.90. The Labute approximate surface area is 294 Å². The lowest BCUT2D eigenvalue weighted by atomic mass is 10.0. The number of carbonyl (C=O) groups excluding carboxylic acids is 4. The highest BCUT2D eigenvalue weighted by Gasteiger charge is 2.28. The van der Waals surface area contributed by atoms with E-state index in [-0.39, 0.29) is 41.2 Å². The maximum Gasteiger partial charge on any atom is 0.251 e. The molecule has 0 saturated carbocycles. The van der Waals surface area contributed by atoms with Crippen molar-refractivity contribution in [1.29, 1.82) is 0 Å². The smallest absolute Gasteiger partial charge is 0.251 e. The molecule has 0 aliphatic rings. The first kappa shape index (κ1) is 39.6. The van der Waals surface area contributed by atoms with Crippen molar-refractivity contribution >= 4 is 39.3 Å². The largest absolute Gasteiger partial charge is 0.394 e. The van der Waals surface area contributed by atoms with Crippen LogP contribution >= 0.6 is 0 Å². The summed E-state index contributed by atoms with van der Waals surface area (Å²) in [5.74, 6) is -2.27. The molecule has 0 bridgehead atoms. The number of anilines is 1. The zero-order valence-electron chi connectivity index (χ0n) is 29.3. The van der Waals surface area contributed by atoms with Crippen LogP contribution < -0.4 is 30.9 Å². The van der Waals surface area contributed by atoms with Gasteiger partial charge in [-0.05, 0) is 48.6 Å². The molecule has 0 aliphatic carbocycles. The van der Waals surface area contributed by atoms with Crippen LogP contribution in [0.3, 0.4) is 0 Å². The van der Waals surface area contributed by atoms with Crippen LogP contribution in [0.1, 0.15) is 58.7 Å². The third kappa shape index (κ3) is 11.4. The van der Waals surface area contributed by atoms with Crippen LogP contribution in [-0.2, 0) is 26.0 Å². The van der Waals surface area contributed by atoms with Gasteiger partial charge < -0.3 is 31.7 Å². The number of hydrogen-bond acceptors (Lipinski definition) is 8. The van der Waals surface area contributed by atoms with Crippen LogP contribution in [0.15, 0.2) is 78.9 Å². The quantitative estimate of drug-likeness (QED) is 0.123. The highest BCUT2D eigenvalue weighted by molar-refractivity contribution is 7.92. The lowest BCUT2D eigenvalue weighted by Gasteiger charge is -2.26. The Bertz CT molecular complexity index is 1720. The molecule has 0 spiro atoms. The minimum atomic E-state index is -3.75. The molecule has 3 aromatic carbocycles. The van der Waals surface area contributed by atoms with Crippen molar-refractivity contribution in [2.45, 2.75) is 51.4 Å². The van der Waals surface area contributed by atoms with Gasteiger partial charge in [-0.25, -0.2) is 8.42 Å². The zero-order valence-corrected chi connectivity index (χ0v) is 30.1. The van der Waals surface area contributed by atoms with Crippen LogP contribution in [0.25, 0.3) is 0 Å². The van der Waals surface area contributed by atoms with Gasteiger partial charge in [0.05, 0.1) is 24.6 Å². The van der Waals surface area contributed by atoms with Gasteiger partial charge >= 0.3 is 0 Å². The van der Waals surface area contributed by atoms with E-state index in [9.17, 15) is 32.7 Å². The first-order valence-electron chi connectivity index (χ1n) is 16.3. The number of aliphatic hydroxyl groups is 1. The summed E-state index contributed by atoms with van der Waals surface area (Å²) in [4.78, 5) is 52.7. The standard InChI is InChI=1S/C36H48N6O7S/c1-23(2)32(36(47)37-4)41-35(46)31(22-43)38-21-29(17-25-13-9-7-10-14-25)40-34(45)28-18-27(19-30(20-28)42(5)50(6,48)49)33(44)39-24(3)26-15-11-8-12-16-26/h7-16,18-20,23-24,29,31-32,38,43H,17,21-22H2,1-6H3,(H,37,47)(H,39,44)(H,40,45)(H,41,46)/t24-,29+,31+,32+/m1/s1. The van der Waals surface area contributed by atoms with Crippen molar-refractivity contribution in [2.24, 2.45) is 5.92 Å². The van der Waals surface area contributed by atoms with Crippen molar-refractivity contribution in [3.8, 4) is 0 Å². The number of nitrogens with zero attached hydrogens (tertiary/aromatic N) is 1. The van der Waals surface area contributed by atoms with E-state index in [1.807, 2.05) is 67.6 Å². The lowest BCUT2D eigenvalue weighted by Crippen LogP contribution is -2.57. The molecule has 50 heavy (non-hydrogen) atoms. The van der Waals surface area contributed by atoms with Gasteiger partial charge in [0.15, 0.2) is 0 Å². The number of carbonyl (C=O) groups is 4. The fraction of sp³-hybridized carbons (Fsp3) is 0.389. The van der Waals surface area contributed by atoms with Crippen LogP contribution in [-0.4, -0.2) is 88.8 Å². The fourth-order valence-corrected chi connectivity index (χ4v) is 5.65. The first-order chi connectivity index (χ1) is 23.6. The molecule has 0 aliphatic heterocycles. The summed E-state index contributed by atoms with van der Waals surface area (Å²) in [6.45, 7) is 4.85. The second kappa shape index (κ2) is 18.3. The van der Waals surface area contributed by atoms with Crippen molar-refractivity contribution in [1.82, 2.24) is 26.6 Å². The Hall–Kier alpha value is -4.79. The number of benzene rings is 3. The minimum Gasteiger partial charge on any atom is -0.394 e. The highest BCUT2D eigenvalue weighted by atomic mass is 32.2. The molecule has 4 amide bonds. The number of amides is 4. The monoisotopic (exact) mass is 708 g/mol. The Kier molecular flexibility index (Phi) is 14.5. The van der Waals surface area contributed by atoms with Crippen LogP contribution in [0, 0.1) is 5.92 Å². The van der Waals surface area contributed by atoms with E-state index >= 15 is 0 Å². The molecule has 0 radical (unpaired) electrons. The lowest BCUT2D eigenvalue weighted by molar-refractivity contribution is -0.131. The number of sulfonamides is 1. The summed E-state index contributed by atoms with van der Waals surface area (Å²) in [7, 11) is -0.947. The van der Waals surface area contributed by atoms with Crippen molar-refractivity contribution in [3.05, 3.63) is 101 Å². The number of rotatable bonds is 17. The van der Waals surface area contributed by atoms with Crippen molar-refractivity contribution in [3.63, 3.8) is 0 Å². The normalized spacial score (nSPS) is 13.8. The molecule has 4 atom stereocenters.